The summed E-state index contributed by atoms with van der Waals surface area (Å²) >= 11 is 0. The van der Waals surface area contributed by atoms with Crippen molar-refractivity contribution in [2.75, 3.05) is 13.6 Å². The average Bonchev–Trinajstić information content (AvgIpc) is 2.34. The van der Waals surface area contributed by atoms with E-state index in [1.807, 2.05) is 7.05 Å². The summed E-state index contributed by atoms with van der Waals surface area (Å²) in [5.74, 6) is 2.69. The fourth-order valence-corrected chi connectivity index (χ4v) is 2.52. The van der Waals surface area contributed by atoms with Gasteiger partial charge in [0.15, 0.2) is 5.96 Å². The van der Waals surface area contributed by atoms with E-state index in [2.05, 4.69) is 36.4 Å². The molecule has 0 bridgehead atoms. The van der Waals surface area contributed by atoms with Gasteiger partial charge in [-0.25, -0.2) is 0 Å². The summed E-state index contributed by atoms with van der Waals surface area (Å²) in [5, 5.41) is 6.87. The van der Waals surface area contributed by atoms with Crippen LogP contribution >= 0.6 is 24.0 Å². The van der Waals surface area contributed by atoms with E-state index < -0.39 is 0 Å². The van der Waals surface area contributed by atoms with Crippen molar-refractivity contribution in [3.63, 3.8) is 0 Å². The van der Waals surface area contributed by atoms with E-state index >= 15 is 0 Å². The number of hydrogen-bond donors (Lipinski definition) is 2. The van der Waals surface area contributed by atoms with Gasteiger partial charge in [-0.1, -0.05) is 26.7 Å². The smallest absolute Gasteiger partial charge is 0.191 e. The number of rotatable bonds is 4. The SMILES string of the molecule is CCC(C)NC(=NC)NCC1CCCC(C)C1.I. The summed E-state index contributed by atoms with van der Waals surface area (Å²) in [4.78, 5) is 4.27. The molecule has 2 N–H and O–H groups in total. The van der Waals surface area contributed by atoms with Crippen LogP contribution in [0.2, 0.25) is 0 Å². The molecule has 0 spiro atoms. The molecular weight excluding hydrogens is 337 g/mol. The van der Waals surface area contributed by atoms with Crippen LogP contribution in [0.15, 0.2) is 4.99 Å². The lowest BCUT2D eigenvalue weighted by atomic mass is 9.82. The standard InChI is InChI=1S/C14H29N3.HI/c1-5-12(3)17-14(15-4)16-10-13-8-6-7-11(2)9-13;/h11-13H,5-10H2,1-4H3,(H2,15,16,17);1H. The lowest BCUT2D eigenvalue weighted by Crippen LogP contribution is -2.44. The van der Waals surface area contributed by atoms with E-state index in [-0.39, 0.29) is 24.0 Å². The minimum absolute atomic E-state index is 0. The van der Waals surface area contributed by atoms with Crippen molar-refractivity contribution in [2.45, 2.75) is 58.9 Å². The number of guanidine groups is 1. The van der Waals surface area contributed by atoms with E-state index in [4.69, 9.17) is 0 Å². The monoisotopic (exact) mass is 367 g/mol. The molecular formula is C14H30IN3. The molecule has 0 aromatic heterocycles. The highest BCUT2D eigenvalue weighted by atomic mass is 127. The number of hydrogen-bond acceptors (Lipinski definition) is 1. The number of aliphatic imine (C=N–C) groups is 1. The highest BCUT2D eigenvalue weighted by Gasteiger charge is 2.18. The molecule has 0 radical (unpaired) electrons. The second kappa shape index (κ2) is 9.87. The van der Waals surface area contributed by atoms with Gasteiger partial charge >= 0.3 is 0 Å². The molecule has 1 aliphatic rings. The molecule has 108 valence electrons. The van der Waals surface area contributed by atoms with Crippen molar-refractivity contribution in [2.24, 2.45) is 16.8 Å². The van der Waals surface area contributed by atoms with E-state index in [0.29, 0.717) is 6.04 Å². The third kappa shape index (κ3) is 6.81. The fourth-order valence-electron chi connectivity index (χ4n) is 2.52. The minimum atomic E-state index is 0. The Hall–Kier alpha value is 0. The predicted octanol–water partition coefficient (Wildman–Crippen LogP) is 3.39. The van der Waals surface area contributed by atoms with Crippen LogP contribution in [0, 0.1) is 11.8 Å². The van der Waals surface area contributed by atoms with E-state index in [0.717, 1.165) is 30.8 Å². The molecule has 3 atom stereocenters. The number of nitrogens with one attached hydrogen (secondary N) is 2. The number of nitrogens with zero attached hydrogens (tertiary/aromatic N) is 1. The Kier molecular flexibility index (Phi) is 9.87. The van der Waals surface area contributed by atoms with Crippen LogP contribution in [-0.4, -0.2) is 25.6 Å². The molecule has 0 amide bonds. The maximum Gasteiger partial charge on any atom is 0.191 e. The van der Waals surface area contributed by atoms with Crippen LogP contribution in [-0.2, 0) is 0 Å². The summed E-state index contributed by atoms with van der Waals surface area (Å²) in [6.45, 7) is 7.82. The van der Waals surface area contributed by atoms with Crippen LogP contribution in [0.4, 0.5) is 0 Å². The van der Waals surface area contributed by atoms with Gasteiger partial charge in [0.25, 0.3) is 0 Å². The zero-order valence-electron chi connectivity index (χ0n) is 12.3. The zero-order chi connectivity index (χ0) is 12.7. The van der Waals surface area contributed by atoms with Crippen LogP contribution in [0.25, 0.3) is 0 Å². The molecule has 0 saturated heterocycles. The third-order valence-electron chi connectivity index (χ3n) is 3.82. The van der Waals surface area contributed by atoms with Crippen LogP contribution in [0.1, 0.15) is 52.9 Å². The second-order valence-electron chi connectivity index (χ2n) is 5.54. The molecule has 0 aromatic carbocycles. The second-order valence-corrected chi connectivity index (χ2v) is 5.54. The maximum atomic E-state index is 4.27. The van der Waals surface area contributed by atoms with Gasteiger partial charge in [0.05, 0.1) is 0 Å². The van der Waals surface area contributed by atoms with Gasteiger partial charge in [0.1, 0.15) is 0 Å². The molecule has 1 saturated carbocycles. The van der Waals surface area contributed by atoms with Crippen molar-refractivity contribution in [3.8, 4) is 0 Å². The Morgan fingerprint density at radius 2 is 2.11 bits per heavy atom. The first-order valence-electron chi connectivity index (χ1n) is 7.12. The minimum Gasteiger partial charge on any atom is -0.356 e. The Balaban J connectivity index is 0.00000289. The van der Waals surface area contributed by atoms with Gasteiger partial charge in [-0.15, -0.1) is 24.0 Å². The molecule has 1 fully saturated rings. The summed E-state index contributed by atoms with van der Waals surface area (Å²) in [7, 11) is 1.85. The van der Waals surface area contributed by atoms with Gasteiger partial charge < -0.3 is 10.6 Å². The van der Waals surface area contributed by atoms with Crippen LogP contribution < -0.4 is 10.6 Å². The Morgan fingerprint density at radius 1 is 1.39 bits per heavy atom. The lowest BCUT2D eigenvalue weighted by Gasteiger charge is -2.27. The third-order valence-corrected chi connectivity index (χ3v) is 3.82. The summed E-state index contributed by atoms with van der Waals surface area (Å²) in [6, 6.07) is 0.492. The van der Waals surface area contributed by atoms with Crippen LogP contribution in [0.3, 0.4) is 0 Å². The molecule has 18 heavy (non-hydrogen) atoms. The lowest BCUT2D eigenvalue weighted by molar-refractivity contribution is 0.282. The van der Waals surface area contributed by atoms with Crippen molar-refractivity contribution in [1.29, 1.82) is 0 Å². The maximum absolute atomic E-state index is 4.27. The number of halogens is 1. The molecule has 3 unspecified atom stereocenters. The molecule has 0 aromatic rings. The van der Waals surface area contributed by atoms with E-state index in [9.17, 15) is 0 Å². The molecule has 0 aliphatic heterocycles. The van der Waals surface area contributed by atoms with Crippen molar-refractivity contribution in [3.05, 3.63) is 0 Å². The first kappa shape index (κ1) is 18.0. The van der Waals surface area contributed by atoms with Crippen molar-refractivity contribution in [1.82, 2.24) is 10.6 Å². The Bertz CT molecular complexity index is 243. The van der Waals surface area contributed by atoms with Gasteiger partial charge in [-0.3, -0.25) is 4.99 Å². The fraction of sp³-hybridized carbons (Fsp3) is 0.929. The van der Waals surface area contributed by atoms with E-state index in [1.54, 1.807) is 0 Å². The molecule has 3 nitrogen and oxygen atoms in total. The first-order chi connectivity index (χ1) is 8.15. The van der Waals surface area contributed by atoms with Gasteiger partial charge in [-0.2, -0.15) is 0 Å². The summed E-state index contributed by atoms with van der Waals surface area (Å²) in [5.41, 5.74) is 0. The largest absolute Gasteiger partial charge is 0.356 e. The zero-order valence-corrected chi connectivity index (χ0v) is 14.7. The van der Waals surface area contributed by atoms with E-state index in [1.165, 1.54) is 25.7 Å². The van der Waals surface area contributed by atoms with Gasteiger partial charge in [-0.05, 0) is 38.0 Å². The first-order valence-corrected chi connectivity index (χ1v) is 7.12. The molecule has 1 aliphatic carbocycles. The summed E-state index contributed by atoms with van der Waals surface area (Å²) < 4.78 is 0. The van der Waals surface area contributed by atoms with Gasteiger partial charge in [0.2, 0.25) is 0 Å². The average molecular weight is 367 g/mol. The normalized spacial score (nSPS) is 26.1. The topological polar surface area (TPSA) is 36.4 Å². The Morgan fingerprint density at radius 3 is 2.67 bits per heavy atom. The Labute approximate surface area is 130 Å². The van der Waals surface area contributed by atoms with Crippen molar-refractivity contribution >= 4 is 29.9 Å². The van der Waals surface area contributed by atoms with Crippen molar-refractivity contribution < 1.29 is 0 Å². The predicted molar refractivity (Wildman–Crippen MR) is 90.8 cm³/mol. The highest BCUT2D eigenvalue weighted by molar-refractivity contribution is 14.0. The van der Waals surface area contributed by atoms with Gasteiger partial charge in [0, 0.05) is 19.6 Å². The highest BCUT2D eigenvalue weighted by Crippen LogP contribution is 2.27. The molecule has 0 heterocycles. The quantitative estimate of drug-likeness (QED) is 0.454. The van der Waals surface area contributed by atoms with Crippen LogP contribution in [0.5, 0.6) is 0 Å². The summed E-state index contributed by atoms with van der Waals surface area (Å²) in [6.07, 6.45) is 6.67. The molecule has 1 rings (SSSR count). The molecule has 4 heteroatoms.